The Labute approximate surface area is 227 Å². The number of benzene rings is 6. The van der Waals surface area contributed by atoms with Gasteiger partial charge in [-0.15, -0.1) is 0 Å². The fourth-order valence-electron chi connectivity index (χ4n) is 6.23. The van der Waals surface area contributed by atoms with Crippen molar-refractivity contribution in [1.82, 2.24) is 9.13 Å². The number of fused-ring (bicyclic) bond motifs is 6. The highest BCUT2D eigenvalue weighted by molar-refractivity contribution is 6.18. The van der Waals surface area contributed by atoms with Gasteiger partial charge in [-0.2, -0.15) is 0 Å². The normalized spacial score (nSPS) is 11.7. The lowest BCUT2D eigenvalue weighted by atomic mass is 9.99. The van der Waals surface area contributed by atoms with E-state index in [1.807, 2.05) is 0 Å². The number of hydrogen-bond donors (Lipinski definition) is 0. The summed E-state index contributed by atoms with van der Waals surface area (Å²) in [5.41, 5.74) is 11.0. The molecule has 0 aliphatic carbocycles. The molecule has 39 heavy (non-hydrogen) atoms. The van der Waals surface area contributed by atoms with Gasteiger partial charge in [0.15, 0.2) is 0 Å². The molecule has 2 heterocycles. The lowest BCUT2D eigenvalue weighted by Crippen LogP contribution is -1.95. The van der Waals surface area contributed by atoms with Gasteiger partial charge in [0.2, 0.25) is 0 Å². The summed E-state index contributed by atoms with van der Waals surface area (Å²) in [7, 11) is 2.17. The van der Waals surface area contributed by atoms with E-state index >= 15 is 0 Å². The molecule has 0 radical (unpaired) electrons. The zero-order valence-electron chi connectivity index (χ0n) is 21.7. The molecule has 0 saturated heterocycles. The SMILES string of the molecule is Cn1c2ccccc2c2cc3c4ccccc4n(-c4cccc(-c5cccc(-c6ccccc6)c5)c4)c3cc21. The Morgan fingerprint density at radius 3 is 1.72 bits per heavy atom. The van der Waals surface area contributed by atoms with Crippen molar-refractivity contribution in [3.05, 3.63) is 140 Å². The minimum atomic E-state index is 1.17. The second-order valence-electron chi connectivity index (χ2n) is 10.3. The third-order valence-corrected chi connectivity index (χ3v) is 8.11. The van der Waals surface area contributed by atoms with Crippen LogP contribution in [-0.4, -0.2) is 9.13 Å². The van der Waals surface area contributed by atoms with Crippen LogP contribution in [0.5, 0.6) is 0 Å². The quantitative estimate of drug-likeness (QED) is 0.229. The lowest BCUT2D eigenvalue weighted by Gasteiger charge is -2.11. The Kier molecular flexibility index (Phi) is 4.77. The highest BCUT2D eigenvalue weighted by Gasteiger charge is 2.16. The van der Waals surface area contributed by atoms with Crippen molar-refractivity contribution in [2.24, 2.45) is 7.05 Å². The topological polar surface area (TPSA) is 9.86 Å². The first kappa shape index (κ1) is 22.0. The largest absolute Gasteiger partial charge is 0.344 e. The van der Waals surface area contributed by atoms with Crippen LogP contribution in [0.2, 0.25) is 0 Å². The minimum absolute atomic E-state index is 1.17. The smallest absolute Gasteiger partial charge is 0.0562 e. The predicted molar refractivity (Wildman–Crippen MR) is 166 cm³/mol. The predicted octanol–water partition coefficient (Wildman–Crippen LogP) is 9.76. The number of hydrogen-bond acceptors (Lipinski definition) is 0. The van der Waals surface area contributed by atoms with Gasteiger partial charge >= 0.3 is 0 Å². The summed E-state index contributed by atoms with van der Waals surface area (Å²) in [6, 6.07) is 50.6. The maximum Gasteiger partial charge on any atom is 0.0562 e. The Morgan fingerprint density at radius 2 is 0.923 bits per heavy atom. The van der Waals surface area contributed by atoms with Crippen LogP contribution in [0.15, 0.2) is 140 Å². The maximum atomic E-state index is 2.42. The average molecular weight is 499 g/mol. The molecule has 0 atom stereocenters. The van der Waals surface area contributed by atoms with Crippen molar-refractivity contribution in [3.8, 4) is 27.9 Å². The van der Waals surface area contributed by atoms with Gasteiger partial charge in [-0.3, -0.25) is 0 Å². The van der Waals surface area contributed by atoms with Crippen LogP contribution in [0.1, 0.15) is 0 Å². The molecule has 8 aromatic rings. The Hall–Kier alpha value is -5.08. The highest BCUT2D eigenvalue weighted by Crippen LogP contribution is 2.38. The highest BCUT2D eigenvalue weighted by atomic mass is 15.0. The fraction of sp³-hybridized carbons (Fsp3) is 0.0270. The van der Waals surface area contributed by atoms with E-state index in [-0.39, 0.29) is 0 Å². The van der Waals surface area contributed by atoms with Crippen molar-refractivity contribution in [2.45, 2.75) is 0 Å². The molecule has 0 unspecified atom stereocenters. The van der Waals surface area contributed by atoms with Crippen LogP contribution >= 0.6 is 0 Å². The average Bonchev–Trinajstić information content (AvgIpc) is 3.48. The summed E-state index contributed by atoms with van der Waals surface area (Å²) in [4.78, 5) is 0. The van der Waals surface area contributed by atoms with E-state index in [4.69, 9.17) is 0 Å². The number of nitrogens with zero attached hydrogens (tertiary/aromatic N) is 2. The molecule has 0 fully saturated rings. The lowest BCUT2D eigenvalue weighted by molar-refractivity contribution is 1.01. The van der Waals surface area contributed by atoms with E-state index in [1.165, 1.54) is 71.6 Å². The molecule has 8 rings (SSSR count). The van der Waals surface area contributed by atoms with Gasteiger partial charge in [0.25, 0.3) is 0 Å². The Morgan fingerprint density at radius 1 is 0.359 bits per heavy atom. The monoisotopic (exact) mass is 498 g/mol. The summed E-state index contributed by atoms with van der Waals surface area (Å²) < 4.78 is 4.74. The van der Waals surface area contributed by atoms with Gasteiger partial charge < -0.3 is 9.13 Å². The molecule has 0 spiro atoms. The van der Waals surface area contributed by atoms with E-state index in [0.29, 0.717) is 0 Å². The zero-order chi connectivity index (χ0) is 25.9. The first-order chi connectivity index (χ1) is 19.3. The molecule has 184 valence electrons. The van der Waals surface area contributed by atoms with Crippen LogP contribution in [-0.2, 0) is 7.05 Å². The molecule has 0 bridgehead atoms. The van der Waals surface area contributed by atoms with Crippen molar-refractivity contribution in [2.75, 3.05) is 0 Å². The van der Waals surface area contributed by atoms with Crippen LogP contribution < -0.4 is 0 Å². The molecule has 0 N–H and O–H groups in total. The standard InChI is InChI=1S/C37H26N2/c1-38-34-19-7-5-17-30(34)32-23-33-31-18-6-8-20-35(31)39(37(33)24-36(32)38)29-16-10-15-28(22-29)27-14-9-13-26(21-27)25-11-3-2-4-12-25/h2-24H,1H3. The molecule has 2 aromatic heterocycles. The summed E-state index contributed by atoms with van der Waals surface area (Å²) in [5.74, 6) is 0. The number of rotatable bonds is 3. The van der Waals surface area contributed by atoms with Gasteiger partial charge in [0, 0.05) is 39.8 Å². The molecule has 0 saturated carbocycles. The molecule has 2 heteroatoms. The van der Waals surface area contributed by atoms with Crippen molar-refractivity contribution < 1.29 is 0 Å². The Balaban J connectivity index is 1.37. The third-order valence-electron chi connectivity index (χ3n) is 8.11. The molecule has 0 aliphatic heterocycles. The van der Waals surface area contributed by atoms with Gasteiger partial charge in [0.05, 0.1) is 16.6 Å². The first-order valence-electron chi connectivity index (χ1n) is 13.4. The van der Waals surface area contributed by atoms with E-state index in [2.05, 4.69) is 156 Å². The fourth-order valence-corrected chi connectivity index (χ4v) is 6.23. The van der Waals surface area contributed by atoms with Crippen LogP contribution in [0.3, 0.4) is 0 Å². The van der Waals surface area contributed by atoms with Crippen LogP contribution in [0.25, 0.3) is 71.6 Å². The van der Waals surface area contributed by atoms with E-state index in [9.17, 15) is 0 Å². The summed E-state index contributed by atoms with van der Waals surface area (Å²) >= 11 is 0. The van der Waals surface area contributed by atoms with E-state index in [1.54, 1.807) is 0 Å². The van der Waals surface area contributed by atoms with Crippen LogP contribution in [0.4, 0.5) is 0 Å². The van der Waals surface area contributed by atoms with Gasteiger partial charge in [-0.1, -0.05) is 97.1 Å². The zero-order valence-corrected chi connectivity index (χ0v) is 21.7. The second kappa shape index (κ2) is 8.47. The summed E-state index contributed by atoms with van der Waals surface area (Å²) in [6.45, 7) is 0. The second-order valence-corrected chi connectivity index (χ2v) is 10.3. The van der Waals surface area contributed by atoms with Gasteiger partial charge in [-0.05, 0) is 64.7 Å². The molecule has 0 aliphatic rings. The van der Waals surface area contributed by atoms with E-state index in [0.717, 1.165) is 0 Å². The molecule has 2 nitrogen and oxygen atoms in total. The first-order valence-corrected chi connectivity index (χ1v) is 13.4. The maximum absolute atomic E-state index is 2.42. The Bertz CT molecular complexity index is 2180. The van der Waals surface area contributed by atoms with Gasteiger partial charge in [0.1, 0.15) is 0 Å². The molecule has 6 aromatic carbocycles. The molecule has 0 amide bonds. The van der Waals surface area contributed by atoms with Crippen molar-refractivity contribution in [3.63, 3.8) is 0 Å². The third kappa shape index (κ3) is 3.35. The van der Waals surface area contributed by atoms with Gasteiger partial charge in [-0.25, -0.2) is 0 Å². The molecular formula is C37H26N2. The minimum Gasteiger partial charge on any atom is -0.344 e. The number of aryl methyl sites for hydroxylation is 1. The van der Waals surface area contributed by atoms with Crippen molar-refractivity contribution in [1.29, 1.82) is 0 Å². The molecular weight excluding hydrogens is 472 g/mol. The van der Waals surface area contributed by atoms with Crippen molar-refractivity contribution >= 4 is 43.6 Å². The summed E-state index contributed by atoms with van der Waals surface area (Å²) in [6.07, 6.45) is 0. The van der Waals surface area contributed by atoms with E-state index < -0.39 is 0 Å². The summed E-state index contributed by atoms with van der Waals surface area (Å²) in [5, 5.41) is 5.16. The van der Waals surface area contributed by atoms with Crippen LogP contribution in [0, 0.1) is 0 Å². The number of aromatic nitrogens is 2. The number of para-hydroxylation sites is 2.